The second-order valence-corrected chi connectivity index (χ2v) is 3.22. The minimum absolute atomic E-state index is 0.213. The summed E-state index contributed by atoms with van der Waals surface area (Å²) in [7, 11) is 0. The van der Waals surface area contributed by atoms with Gasteiger partial charge in [0.2, 0.25) is 0 Å². The van der Waals surface area contributed by atoms with Crippen molar-refractivity contribution in [2.45, 2.75) is 26.9 Å². The maximum absolute atomic E-state index is 11.1. The topological polar surface area (TPSA) is 77.5 Å². The highest BCUT2D eigenvalue weighted by Crippen LogP contribution is 2.15. The van der Waals surface area contributed by atoms with Gasteiger partial charge in [-0.05, 0) is 19.4 Å². The van der Waals surface area contributed by atoms with E-state index in [2.05, 4.69) is 0 Å². The number of nitrogens with one attached hydrogen (secondary N) is 1. The van der Waals surface area contributed by atoms with E-state index in [0.29, 0.717) is 19.0 Å². The summed E-state index contributed by atoms with van der Waals surface area (Å²) in [6, 6.07) is 1.65. The summed E-state index contributed by atoms with van der Waals surface area (Å²) in [5.74, 6) is 5.46. The van der Waals surface area contributed by atoms with Crippen LogP contribution in [0.5, 0.6) is 0 Å². The van der Waals surface area contributed by atoms with Gasteiger partial charge in [-0.2, -0.15) is 0 Å². The maximum atomic E-state index is 11.1. The lowest BCUT2D eigenvalue weighted by atomic mass is 10.2. The fourth-order valence-corrected chi connectivity index (χ4v) is 1.17. The Morgan fingerprint density at radius 2 is 2.40 bits per heavy atom. The van der Waals surface area contributed by atoms with E-state index >= 15 is 0 Å². The number of ether oxygens (including phenoxy) is 1. The van der Waals surface area contributed by atoms with E-state index in [1.54, 1.807) is 13.0 Å². The predicted molar refractivity (Wildman–Crippen MR) is 55.0 cm³/mol. The monoisotopic (exact) mass is 212 g/mol. The normalized spacial score (nSPS) is 10.3. The van der Waals surface area contributed by atoms with E-state index in [9.17, 15) is 4.79 Å². The van der Waals surface area contributed by atoms with Crippen molar-refractivity contribution in [2.75, 3.05) is 6.61 Å². The largest absolute Gasteiger partial charge is 0.456 e. The number of hydrogen-bond acceptors (Lipinski definition) is 4. The molecule has 0 fully saturated rings. The highest BCUT2D eigenvalue weighted by Gasteiger charge is 2.12. The number of rotatable bonds is 5. The number of furan rings is 1. The minimum atomic E-state index is -0.431. The van der Waals surface area contributed by atoms with Crippen molar-refractivity contribution in [3.8, 4) is 0 Å². The number of hydrazine groups is 1. The fraction of sp³-hybridized carbons (Fsp3) is 0.500. The van der Waals surface area contributed by atoms with Crippen molar-refractivity contribution in [1.82, 2.24) is 5.43 Å². The molecule has 0 spiro atoms. The summed E-state index contributed by atoms with van der Waals surface area (Å²) < 4.78 is 10.6. The molecule has 0 bridgehead atoms. The van der Waals surface area contributed by atoms with Gasteiger partial charge in [-0.15, -0.1) is 0 Å². The van der Waals surface area contributed by atoms with Gasteiger partial charge in [-0.1, -0.05) is 6.92 Å². The van der Waals surface area contributed by atoms with E-state index in [-0.39, 0.29) is 5.76 Å². The molecule has 1 amide bonds. The van der Waals surface area contributed by atoms with Crippen LogP contribution in [0, 0.1) is 6.92 Å². The number of nitrogens with two attached hydrogens (primary N) is 1. The highest BCUT2D eigenvalue weighted by atomic mass is 16.5. The number of hydrogen-bond donors (Lipinski definition) is 2. The van der Waals surface area contributed by atoms with E-state index in [1.165, 1.54) is 0 Å². The predicted octanol–water partition coefficient (Wildman–Crippen LogP) is 1.12. The molecule has 0 aliphatic rings. The first kappa shape index (κ1) is 11.7. The van der Waals surface area contributed by atoms with Crippen LogP contribution >= 0.6 is 0 Å². The first-order valence-electron chi connectivity index (χ1n) is 4.87. The first-order chi connectivity index (χ1) is 7.19. The van der Waals surface area contributed by atoms with Crippen LogP contribution in [0.15, 0.2) is 10.5 Å². The fourth-order valence-electron chi connectivity index (χ4n) is 1.17. The third-order valence-corrected chi connectivity index (χ3v) is 1.98. The van der Waals surface area contributed by atoms with Crippen LogP contribution in [-0.2, 0) is 11.3 Å². The van der Waals surface area contributed by atoms with Gasteiger partial charge in [0.15, 0.2) is 5.76 Å². The summed E-state index contributed by atoms with van der Waals surface area (Å²) in [5.41, 5.74) is 2.89. The summed E-state index contributed by atoms with van der Waals surface area (Å²) in [6.45, 7) is 4.98. The molecule has 5 heteroatoms. The average molecular weight is 212 g/mol. The quantitative estimate of drug-likeness (QED) is 0.332. The Balaban J connectivity index is 2.64. The molecule has 0 aliphatic heterocycles. The van der Waals surface area contributed by atoms with Crippen molar-refractivity contribution in [1.29, 1.82) is 0 Å². The minimum Gasteiger partial charge on any atom is -0.456 e. The molecule has 1 rings (SSSR count). The molecule has 0 radical (unpaired) electrons. The van der Waals surface area contributed by atoms with Gasteiger partial charge < -0.3 is 9.15 Å². The Hall–Kier alpha value is -1.33. The summed E-state index contributed by atoms with van der Waals surface area (Å²) >= 11 is 0. The molecule has 0 aromatic carbocycles. The second-order valence-electron chi connectivity index (χ2n) is 3.22. The van der Waals surface area contributed by atoms with Crippen LogP contribution in [0.1, 0.15) is 35.2 Å². The number of carbonyl (C=O) groups is 1. The van der Waals surface area contributed by atoms with E-state index in [1.807, 2.05) is 12.3 Å². The molecule has 1 aromatic heterocycles. The number of amides is 1. The molecule has 3 N–H and O–H groups in total. The third-order valence-electron chi connectivity index (χ3n) is 1.98. The van der Waals surface area contributed by atoms with Crippen LogP contribution in [0.4, 0.5) is 0 Å². The van der Waals surface area contributed by atoms with Crippen molar-refractivity contribution < 1.29 is 13.9 Å². The summed E-state index contributed by atoms with van der Waals surface area (Å²) in [5, 5.41) is 0. The van der Waals surface area contributed by atoms with Crippen molar-refractivity contribution in [2.24, 2.45) is 5.84 Å². The zero-order chi connectivity index (χ0) is 11.3. The molecule has 0 unspecified atom stereocenters. The molecule has 5 nitrogen and oxygen atoms in total. The Labute approximate surface area is 88.6 Å². The van der Waals surface area contributed by atoms with Crippen molar-refractivity contribution in [3.63, 3.8) is 0 Å². The van der Waals surface area contributed by atoms with E-state index < -0.39 is 5.91 Å². The molecule has 84 valence electrons. The van der Waals surface area contributed by atoms with E-state index in [4.69, 9.17) is 15.0 Å². The Morgan fingerprint density at radius 3 is 3.00 bits per heavy atom. The maximum Gasteiger partial charge on any atom is 0.300 e. The van der Waals surface area contributed by atoms with Gasteiger partial charge >= 0.3 is 5.91 Å². The van der Waals surface area contributed by atoms with E-state index in [0.717, 1.165) is 12.0 Å². The standard InChI is InChI=1S/C10H16N2O3/c1-3-4-14-6-8-5-9(10(13)12-11)15-7(8)2/h5H,3-4,6,11H2,1-2H3,(H,12,13). The van der Waals surface area contributed by atoms with Gasteiger partial charge in [0, 0.05) is 12.2 Å². The molecule has 0 atom stereocenters. The zero-order valence-corrected chi connectivity index (χ0v) is 9.00. The van der Waals surface area contributed by atoms with Crippen LogP contribution in [-0.4, -0.2) is 12.5 Å². The number of carbonyl (C=O) groups excluding carboxylic acids is 1. The number of nitrogen functional groups attached to an aromatic ring is 1. The second kappa shape index (κ2) is 5.53. The lowest BCUT2D eigenvalue weighted by Crippen LogP contribution is -2.29. The van der Waals surface area contributed by atoms with Crippen LogP contribution in [0.25, 0.3) is 0 Å². The zero-order valence-electron chi connectivity index (χ0n) is 9.00. The smallest absolute Gasteiger partial charge is 0.300 e. The summed E-state index contributed by atoms with van der Waals surface area (Å²) in [4.78, 5) is 11.1. The first-order valence-corrected chi connectivity index (χ1v) is 4.87. The Bertz CT molecular complexity index is 333. The highest BCUT2D eigenvalue weighted by molar-refractivity contribution is 5.91. The molecule has 0 aliphatic carbocycles. The Kier molecular flexibility index (Phi) is 4.33. The molecular weight excluding hydrogens is 196 g/mol. The van der Waals surface area contributed by atoms with Gasteiger partial charge in [-0.25, -0.2) is 5.84 Å². The van der Waals surface area contributed by atoms with Gasteiger partial charge in [0.1, 0.15) is 5.76 Å². The number of aryl methyl sites for hydroxylation is 1. The van der Waals surface area contributed by atoms with Gasteiger partial charge in [0.05, 0.1) is 6.61 Å². The van der Waals surface area contributed by atoms with Gasteiger partial charge in [-0.3, -0.25) is 10.2 Å². The SMILES string of the molecule is CCCOCc1cc(C(=O)NN)oc1C. The van der Waals surface area contributed by atoms with Crippen molar-refractivity contribution >= 4 is 5.91 Å². The van der Waals surface area contributed by atoms with Crippen LogP contribution < -0.4 is 11.3 Å². The molecule has 0 saturated carbocycles. The Morgan fingerprint density at radius 1 is 1.67 bits per heavy atom. The van der Waals surface area contributed by atoms with Crippen molar-refractivity contribution in [3.05, 3.63) is 23.2 Å². The van der Waals surface area contributed by atoms with Gasteiger partial charge in [0.25, 0.3) is 0 Å². The van der Waals surface area contributed by atoms with Crippen LogP contribution in [0.3, 0.4) is 0 Å². The molecular formula is C10H16N2O3. The molecule has 15 heavy (non-hydrogen) atoms. The molecule has 0 saturated heterocycles. The third kappa shape index (κ3) is 3.07. The summed E-state index contributed by atoms with van der Waals surface area (Å²) in [6.07, 6.45) is 0.965. The van der Waals surface area contributed by atoms with Crippen LogP contribution in [0.2, 0.25) is 0 Å². The lowest BCUT2D eigenvalue weighted by molar-refractivity contribution is 0.0924. The lowest BCUT2D eigenvalue weighted by Gasteiger charge is -1.99. The average Bonchev–Trinajstić information content (AvgIpc) is 2.60. The molecule has 1 heterocycles. The molecule has 1 aromatic rings.